The minimum atomic E-state index is 0.0967. The Morgan fingerprint density at radius 1 is 1.57 bits per heavy atom. The van der Waals surface area contributed by atoms with Gasteiger partial charge in [-0.1, -0.05) is 22.9 Å². The third-order valence-electron chi connectivity index (χ3n) is 2.19. The number of benzene rings is 1. The van der Waals surface area contributed by atoms with Crippen molar-refractivity contribution in [1.29, 1.82) is 0 Å². The molecule has 0 fully saturated rings. The highest BCUT2D eigenvalue weighted by Crippen LogP contribution is 2.39. The molecule has 0 radical (unpaired) electrons. The molecule has 1 atom stereocenters. The largest absolute Gasteiger partial charge is 0.504 e. The van der Waals surface area contributed by atoms with Crippen LogP contribution in [0.2, 0.25) is 0 Å². The zero-order valence-corrected chi connectivity index (χ0v) is 9.84. The summed E-state index contributed by atoms with van der Waals surface area (Å²) in [4.78, 5) is 0. The maximum atomic E-state index is 9.86. The van der Waals surface area contributed by atoms with Gasteiger partial charge in [-0.25, -0.2) is 0 Å². The summed E-state index contributed by atoms with van der Waals surface area (Å²) in [5.74, 6) is 0.739. The van der Waals surface area contributed by atoms with Crippen LogP contribution in [-0.2, 0) is 0 Å². The fraction of sp³-hybridized carbons (Fsp3) is 0.400. The number of hydrogen-bond acceptors (Lipinski definition) is 3. The van der Waals surface area contributed by atoms with Crippen molar-refractivity contribution in [2.75, 3.05) is 13.7 Å². The van der Waals surface area contributed by atoms with E-state index in [2.05, 4.69) is 15.9 Å². The van der Waals surface area contributed by atoms with Crippen LogP contribution in [0.1, 0.15) is 18.4 Å². The van der Waals surface area contributed by atoms with E-state index >= 15 is 0 Å². The second-order valence-corrected chi connectivity index (χ2v) is 4.00. The van der Waals surface area contributed by atoms with Gasteiger partial charge in [0.05, 0.1) is 7.11 Å². The highest BCUT2D eigenvalue weighted by molar-refractivity contribution is 9.10. The molecule has 3 N–H and O–H groups in total. The Kier molecular flexibility index (Phi) is 3.77. The van der Waals surface area contributed by atoms with Gasteiger partial charge in [0, 0.05) is 10.0 Å². The van der Waals surface area contributed by atoms with E-state index in [1.165, 1.54) is 7.11 Å². The van der Waals surface area contributed by atoms with Crippen molar-refractivity contribution >= 4 is 15.9 Å². The molecule has 0 saturated heterocycles. The molecule has 0 aliphatic rings. The van der Waals surface area contributed by atoms with Gasteiger partial charge in [0.2, 0.25) is 0 Å². The number of halogens is 1. The Morgan fingerprint density at radius 3 is 2.71 bits per heavy atom. The van der Waals surface area contributed by atoms with Crippen LogP contribution in [0.4, 0.5) is 0 Å². The van der Waals surface area contributed by atoms with Crippen LogP contribution >= 0.6 is 15.9 Å². The van der Waals surface area contributed by atoms with E-state index in [1.54, 1.807) is 6.07 Å². The minimum Gasteiger partial charge on any atom is -0.504 e. The molecule has 0 spiro atoms. The van der Waals surface area contributed by atoms with Crippen LogP contribution in [0.3, 0.4) is 0 Å². The maximum Gasteiger partial charge on any atom is 0.162 e. The molecule has 1 unspecified atom stereocenters. The SMILES string of the molecule is COc1ccc(Br)c(C(C)CN)c1O. The molecule has 78 valence electrons. The molecule has 1 aromatic rings. The average Bonchev–Trinajstić information content (AvgIpc) is 2.18. The fourth-order valence-electron chi connectivity index (χ4n) is 1.31. The van der Waals surface area contributed by atoms with Gasteiger partial charge < -0.3 is 15.6 Å². The lowest BCUT2D eigenvalue weighted by Crippen LogP contribution is -2.10. The van der Waals surface area contributed by atoms with E-state index in [4.69, 9.17) is 10.5 Å². The molecule has 0 saturated carbocycles. The first-order valence-electron chi connectivity index (χ1n) is 4.37. The molecule has 1 rings (SSSR count). The molecule has 0 bridgehead atoms. The zero-order chi connectivity index (χ0) is 10.7. The van der Waals surface area contributed by atoms with Crippen molar-refractivity contribution in [3.63, 3.8) is 0 Å². The maximum absolute atomic E-state index is 9.86. The van der Waals surface area contributed by atoms with E-state index in [1.807, 2.05) is 13.0 Å². The lowest BCUT2D eigenvalue weighted by molar-refractivity contribution is 0.368. The standard InChI is InChI=1S/C10H14BrNO2/c1-6(5-12)9-7(11)3-4-8(14-2)10(9)13/h3-4,6,13H,5,12H2,1-2H3. The second-order valence-electron chi connectivity index (χ2n) is 3.15. The van der Waals surface area contributed by atoms with Crippen molar-refractivity contribution in [3.8, 4) is 11.5 Å². The van der Waals surface area contributed by atoms with Crippen molar-refractivity contribution in [3.05, 3.63) is 22.2 Å². The van der Waals surface area contributed by atoms with E-state index in [9.17, 15) is 5.11 Å². The van der Waals surface area contributed by atoms with E-state index in [0.717, 1.165) is 10.0 Å². The molecular weight excluding hydrogens is 246 g/mol. The number of phenolic OH excluding ortho intramolecular Hbond substituents is 1. The Hall–Kier alpha value is -0.740. The quantitative estimate of drug-likeness (QED) is 0.876. The molecule has 0 aromatic heterocycles. The fourth-order valence-corrected chi connectivity index (χ4v) is 2.03. The predicted octanol–water partition coefficient (Wildman–Crippen LogP) is 2.23. The summed E-state index contributed by atoms with van der Waals surface area (Å²) in [6.45, 7) is 2.44. The molecule has 1 aromatic carbocycles. The van der Waals surface area contributed by atoms with Crippen molar-refractivity contribution in [2.45, 2.75) is 12.8 Å². The molecule has 4 heteroatoms. The summed E-state index contributed by atoms with van der Waals surface area (Å²) in [5.41, 5.74) is 6.36. The molecule has 0 aliphatic heterocycles. The van der Waals surface area contributed by atoms with Gasteiger partial charge in [-0.2, -0.15) is 0 Å². The molecule has 0 heterocycles. The third kappa shape index (κ3) is 2.01. The highest BCUT2D eigenvalue weighted by Gasteiger charge is 2.16. The number of hydrogen-bond donors (Lipinski definition) is 2. The van der Waals surface area contributed by atoms with Crippen molar-refractivity contribution in [2.24, 2.45) is 5.73 Å². The van der Waals surface area contributed by atoms with Crippen molar-refractivity contribution < 1.29 is 9.84 Å². The van der Waals surface area contributed by atoms with E-state index in [-0.39, 0.29) is 11.7 Å². The summed E-state index contributed by atoms with van der Waals surface area (Å²) in [6, 6.07) is 3.56. The van der Waals surface area contributed by atoms with Gasteiger partial charge in [-0.15, -0.1) is 0 Å². The van der Waals surface area contributed by atoms with Crippen LogP contribution < -0.4 is 10.5 Å². The molecular formula is C10H14BrNO2. The first-order chi connectivity index (χ1) is 6.61. The van der Waals surface area contributed by atoms with Gasteiger partial charge in [0.15, 0.2) is 11.5 Å². The first kappa shape index (κ1) is 11.3. The van der Waals surface area contributed by atoms with Gasteiger partial charge in [0.25, 0.3) is 0 Å². The van der Waals surface area contributed by atoms with Gasteiger partial charge in [-0.05, 0) is 24.6 Å². The topological polar surface area (TPSA) is 55.5 Å². The summed E-state index contributed by atoms with van der Waals surface area (Å²) in [5, 5.41) is 9.86. The van der Waals surface area contributed by atoms with E-state index < -0.39 is 0 Å². The average molecular weight is 260 g/mol. The number of phenols is 1. The minimum absolute atomic E-state index is 0.0967. The molecule has 14 heavy (non-hydrogen) atoms. The van der Waals surface area contributed by atoms with Crippen LogP contribution in [-0.4, -0.2) is 18.8 Å². The van der Waals surface area contributed by atoms with E-state index in [0.29, 0.717) is 12.3 Å². The van der Waals surface area contributed by atoms with Crippen LogP contribution in [0, 0.1) is 0 Å². The molecule has 3 nitrogen and oxygen atoms in total. The Morgan fingerprint density at radius 2 is 2.21 bits per heavy atom. The predicted molar refractivity (Wildman–Crippen MR) is 59.8 cm³/mol. The van der Waals surface area contributed by atoms with Gasteiger partial charge in [-0.3, -0.25) is 0 Å². The summed E-state index contributed by atoms with van der Waals surface area (Å²) in [7, 11) is 1.53. The Labute approximate surface area is 92.0 Å². The molecule has 0 amide bonds. The number of rotatable bonds is 3. The van der Waals surface area contributed by atoms with Crippen LogP contribution in [0.5, 0.6) is 11.5 Å². The third-order valence-corrected chi connectivity index (χ3v) is 2.88. The number of nitrogens with two attached hydrogens (primary N) is 1. The zero-order valence-electron chi connectivity index (χ0n) is 8.25. The summed E-state index contributed by atoms with van der Waals surface area (Å²) in [6.07, 6.45) is 0. The molecule has 0 aliphatic carbocycles. The van der Waals surface area contributed by atoms with Gasteiger partial charge in [0.1, 0.15) is 0 Å². The number of methoxy groups -OCH3 is 1. The Balaban J connectivity index is 3.25. The van der Waals surface area contributed by atoms with Crippen LogP contribution in [0.15, 0.2) is 16.6 Å². The highest BCUT2D eigenvalue weighted by atomic mass is 79.9. The van der Waals surface area contributed by atoms with Crippen LogP contribution in [0.25, 0.3) is 0 Å². The second kappa shape index (κ2) is 4.66. The van der Waals surface area contributed by atoms with Gasteiger partial charge >= 0.3 is 0 Å². The lowest BCUT2D eigenvalue weighted by Gasteiger charge is -2.15. The van der Waals surface area contributed by atoms with Crippen molar-refractivity contribution in [1.82, 2.24) is 0 Å². The smallest absolute Gasteiger partial charge is 0.162 e. The monoisotopic (exact) mass is 259 g/mol. The number of ether oxygens (including phenoxy) is 1. The first-order valence-corrected chi connectivity index (χ1v) is 5.16. The summed E-state index contributed by atoms with van der Waals surface area (Å²) >= 11 is 3.38. The summed E-state index contributed by atoms with van der Waals surface area (Å²) < 4.78 is 5.88. The normalized spacial score (nSPS) is 12.6. The lowest BCUT2D eigenvalue weighted by atomic mass is 10.00. The Bertz CT molecular complexity index is 328. The number of aromatic hydroxyl groups is 1.